The van der Waals surface area contributed by atoms with E-state index in [4.69, 9.17) is 0 Å². The highest BCUT2D eigenvalue weighted by Crippen LogP contribution is 2.38. The van der Waals surface area contributed by atoms with Crippen LogP contribution in [0.25, 0.3) is 11.1 Å². The number of aromatic hydroxyl groups is 1. The molecule has 1 fully saturated rings. The Bertz CT molecular complexity index is 1100. The minimum Gasteiger partial charge on any atom is -0.506 e. The van der Waals surface area contributed by atoms with E-state index < -0.39 is 28.6 Å². The van der Waals surface area contributed by atoms with Gasteiger partial charge in [-0.25, -0.2) is 13.0 Å². The molecule has 0 saturated carbocycles. The predicted molar refractivity (Wildman–Crippen MR) is 98.4 cm³/mol. The number of carbonyl (C=O) groups excluding carboxylic acids is 1. The first kappa shape index (κ1) is 18.1. The average molecular weight is 404 g/mol. The lowest BCUT2D eigenvalue weighted by atomic mass is 10.1. The number of amides is 1. The van der Waals surface area contributed by atoms with Crippen molar-refractivity contribution in [3.05, 3.63) is 66.0 Å². The number of halogens is 2. The van der Waals surface area contributed by atoms with Gasteiger partial charge >= 0.3 is 0 Å². The first-order valence-electron chi connectivity index (χ1n) is 8.20. The number of benzene rings is 2. The summed E-state index contributed by atoms with van der Waals surface area (Å²) in [7, 11) is 0. The molecule has 0 bridgehead atoms. The van der Waals surface area contributed by atoms with E-state index in [0.717, 1.165) is 4.31 Å². The second-order valence-corrected chi connectivity index (χ2v) is 7.31. The van der Waals surface area contributed by atoms with Gasteiger partial charge in [0.25, 0.3) is 5.91 Å². The lowest BCUT2D eigenvalue weighted by molar-refractivity contribution is -0.117. The maximum atomic E-state index is 15.1. The van der Waals surface area contributed by atoms with Gasteiger partial charge in [0.1, 0.15) is 23.8 Å². The number of phenols is 1. The third-order valence-corrected chi connectivity index (χ3v) is 5.32. The maximum absolute atomic E-state index is 15.1. The monoisotopic (exact) mass is 404 g/mol. The zero-order valence-electron chi connectivity index (χ0n) is 14.3. The largest absolute Gasteiger partial charge is 0.506 e. The number of carbonyl (C=O) groups is 1. The van der Waals surface area contributed by atoms with Gasteiger partial charge < -0.3 is 5.11 Å². The third kappa shape index (κ3) is 3.33. The third-order valence-electron chi connectivity index (χ3n) is 4.21. The van der Waals surface area contributed by atoms with Crippen LogP contribution in [0.4, 0.5) is 14.5 Å². The van der Waals surface area contributed by atoms with Crippen molar-refractivity contribution in [1.29, 1.82) is 0 Å². The van der Waals surface area contributed by atoms with Gasteiger partial charge in [-0.3, -0.25) is 18.5 Å². The number of rotatable bonds is 4. The quantitative estimate of drug-likeness (QED) is 0.697. The van der Waals surface area contributed by atoms with Crippen LogP contribution in [0.1, 0.15) is 5.56 Å². The van der Waals surface area contributed by atoms with Crippen LogP contribution in [0.5, 0.6) is 5.75 Å². The minimum absolute atomic E-state index is 0.120. The van der Waals surface area contributed by atoms with Gasteiger partial charge in [-0.2, -0.15) is 5.10 Å². The summed E-state index contributed by atoms with van der Waals surface area (Å²) in [6, 6.07) is 8.69. The molecule has 1 unspecified atom stereocenters. The van der Waals surface area contributed by atoms with Crippen molar-refractivity contribution >= 4 is 22.8 Å². The fraction of sp³-hybridized carbons (Fsp3) is 0.111. The molecule has 3 aromatic rings. The zero-order chi connectivity index (χ0) is 19.8. The molecule has 0 radical (unpaired) electrons. The highest BCUT2D eigenvalue weighted by Gasteiger charge is 2.32. The van der Waals surface area contributed by atoms with Gasteiger partial charge in [-0.15, -0.1) is 0 Å². The number of nitrogens with one attached hydrogen (secondary N) is 1. The van der Waals surface area contributed by atoms with Crippen LogP contribution in [0, 0.1) is 11.6 Å². The van der Waals surface area contributed by atoms with Crippen LogP contribution < -0.4 is 9.03 Å². The number of hydrogen-bond donors (Lipinski definition) is 2. The van der Waals surface area contributed by atoms with E-state index in [-0.39, 0.29) is 23.6 Å². The molecule has 10 heteroatoms. The molecule has 1 atom stereocenters. The van der Waals surface area contributed by atoms with Crippen LogP contribution in [0.2, 0.25) is 0 Å². The van der Waals surface area contributed by atoms with E-state index in [0.29, 0.717) is 17.7 Å². The van der Waals surface area contributed by atoms with E-state index in [1.165, 1.54) is 35.1 Å². The second kappa shape index (κ2) is 7.04. The number of nitrogens with zero attached hydrogens (tertiary/aromatic N) is 3. The number of aromatic nitrogens is 2. The molecule has 2 N–H and O–H groups in total. The Morgan fingerprint density at radius 2 is 2.07 bits per heavy atom. The highest BCUT2D eigenvalue weighted by atomic mass is 32.2. The van der Waals surface area contributed by atoms with Crippen LogP contribution >= 0.6 is 0 Å². The van der Waals surface area contributed by atoms with Crippen molar-refractivity contribution < 1.29 is 22.9 Å². The highest BCUT2D eigenvalue weighted by molar-refractivity contribution is 7.85. The van der Waals surface area contributed by atoms with Crippen LogP contribution in [0.3, 0.4) is 0 Å². The predicted octanol–water partition coefficient (Wildman–Crippen LogP) is 2.10. The summed E-state index contributed by atoms with van der Waals surface area (Å²) in [4.78, 5) is 11.4. The standard InChI is InChI=1S/C18H14F2N4O3S/c19-13-3-1-2-11(6-13)8-23-9-12(7-21-23)14-4-5-15(25)18(17(14)20)24-10-16(26)22-28(24)27/h1-7,9,25H,8,10H2,(H,22,26). The molecule has 7 nitrogen and oxygen atoms in total. The van der Waals surface area contributed by atoms with Crippen molar-refractivity contribution in [1.82, 2.24) is 14.5 Å². The van der Waals surface area contributed by atoms with Crippen molar-refractivity contribution in [3.8, 4) is 16.9 Å². The van der Waals surface area contributed by atoms with E-state index >= 15 is 4.39 Å². The van der Waals surface area contributed by atoms with E-state index in [9.17, 15) is 18.5 Å². The molecular weight excluding hydrogens is 390 g/mol. The van der Waals surface area contributed by atoms with Crippen molar-refractivity contribution in [2.45, 2.75) is 6.54 Å². The van der Waals surface area contributed by atoms with Gasteiger partial charge in [0.2, 0.25) is 11.2 Å². The minimum atomic E-state index is -1.97. The fourth-order valence-electron chi connectivity index (χ4n) is 2.96. The van der Waals surface area contributed by atoms with Gasteiger partial charge in [0, 0.05) is 17.3 Å². The second-order valence-electron chi connectivity index (χ2n) is 6.16. The molecule has 1 aliphatic heterocycles. The van der Waals surface area contributed by atoms with E-state index in [1.54, 1.807) is 18.3 Å². The molecule has 2 aromatic carbocycles. The van der Waals surface area contributed by atoms with Gasteiger partial charge in [0.15, 0.2) is 5.82 Å². The Morgan fingerprint density at radius 1 is 1.25 bits per heavy atom. The van der Waals surface area contributed by atoms with Gasteiger partial charge in [-0.05, 0) is 29.8 Å². The van der Waals surface area contributed by atoms with Crippen molar-refractivity contribution in [2.75, 3.05) is 10.8 Å². The molecule has 1 aromatic heterocycles. The Balaban J connectivity index is 1.67. The van der Waals surface area contributed by atoms with Crippen molar-refractivity contribution in [3.63, 3.8) is 0 Å². The smallest absolute Gasteiger partial charge is 0.253 e. The zero-order valence-corrected chi connectivity index (χ0v) is 15.1. The maximum Gasteiger partial charge on any atom is 0.253 e. The van der Waals surface area contributed by atoms with Crippen LogP contribution in [-0.2, 0) is 22.5 Å². The Labute approximate surface area is 160 Å². The molecule has 1 aliphatic rings. The molecule has 28 heavy (non-hydrogen) atoms. The van der Waals surface area contributed by atoms with Crippen LogP contribution in [-0.4, -0.2) is 31.5 Å². The van der Waals surface area contributed by atoms with Gasteiger partial charge in [-0.1, -0.05) is 12.1 Å². The summed E-state index contributed by atoms with van der Waals surface area (Å²) < 4.78 is 45.0. The summed E-state index contributed by atoms with van der Waals surface area (Å²) >= 11 is -1.97. The van der Waals surface area contributed by atoms with E-state index in [1.807, 2.05) is 0 Å². The first-order chi connectivity index (χ1) is 13.4. The molecule has 0 spiro atoms. The molecule has 0 aliphatic carbocycles. The number of anilines is 1. The van der Waals surface area contributed by atoms with Crippen LogP contribution in [0.15, 0.2) is 48.8 Å². The van der Waals surface area contributed by atoms with Gasteiger partial charge in [0.05, 0.1) is 12.7 Å². The van der Waals surface area contributed by atoms with Crippen molar-refractivity contribution in [2.24, 2.45) is 0 Å². The average Bonchev–Trinajstić information content (AvgIpc) is 3.21. The molecule has 144 valence electrons. The number of hydrogen-bond acceptors (Lipinski definition) is 4. The molecule has 2 heterocycles. The molecule has 1 saturated heterocycles. The molecule has 1 amide bonds. The summed E-state index contributed by atoms with van der Waals surface area (Å²) in [5, 5.41) is 14.2. The Morgan fingerprint density at radius 3 is 2.79 bits per heavy atom. The first-order valence-corrected chi connectivity index (χ1v) is 9.30. The topological polar surface area (TPSA) is 87.5 Å². The fourth-order valence-corrected chi connectivity index (χ4v) is 3.91. The Kier molecular flexibility index (Phi) is 4.55. The summed E-state index contributed by atoms with van der Waals surface area (Å²) in [5.41, 5.74) is 0.902. The summed E-state index contributed by atoms with van der Waals surface area (Å²) in [5.74, 6) is -2.15. The molecular formula is C18H14F2N4O3S. The normalized spacial score (nSPS) is 16.4. The lowest BCUT2D eigenvalue weighted by Gasteiger charge is -2.17. The summed E-state index contributed by atoms with van der Waals surface area (Å²) in [6.07, 6.45) is 3.01. The lowest BCUT2D eigenvalue weighted by Crippen LogP contribution is -2.23. The van der Waals surface area contributed by atoms with E-state index in [2.05, 4.69) is 9.82 Å². The Hall–Kier alpha value is -3.27. The molecule has 4 rings (SSSR count). The number of phenolic OH excluding ortho intramolecular Hbond substituents is 1. The SMILES string of the molecule is O=C1CN(c2c(O)ccc(-c3cnn(Cc4cccc(F)c4)c3)c2F)S(=O)N1. The summed E-state index contributed by atoms with van der Waals surface area (Å²) in [6.45, 7) is -0.0434.